The molecule has 3 aromatic carbocycles. The van der Waals surface area contributed by atoms with Crippen molar-refractivity contribution < 1.29 is 18.1 Å². The summed E-state index contributed by atoms with van der Waals surface area (Å²) in [5.74, 6) is -0.329. The highest BCUT2D eigenvalue weighted by molar-refractivity contribution is 7.90. The van der Waals surface area contributed by atoms with Crippen LogP contribution in [0.15, 0.2) is 83.8 Å². The van der Waals surface area contributed by atoms with Crippen LogP contribution in [0.4, 0.5) is 10.8 Å². The van der Waals surface area contributed by atoms with Crippen molar-refractivity contribution in [3.05, 3.63) is 100 Å². The molecular formula is C24H19N3O5S2. The summed E-state index contributed by atoms with van der Waals surface area (Å²) in [7, 11) is -3.37. The van der Waals surface area contributed by atoms with Gasteiger partial charge in [0.2, 0.25) is 0 Å². The van der Waals surface area contributed by atoms with Crippen molar-refractivity contribution in [3.8, 4) is 0 Å². The summed E-state index contributed by atoms with van der Waals surface area (Å²) in [6, 6.07) is 20.0. The molecule has 0 spiro atoms. The summed E-state index contributed by atoms with van der Waals surface area (Å²) in [6.07, 6.45) is 4.11. The number of nitro groups is 1. The van der Waals surface area contributed by atoms with Gasteiger partial charge in [-0.05, 0) is 47.5 Å². The van der Waals surface area contributed by atoms with Crippen LogP contribution in [0.1, 0.15) is 11.1 Å². The molecule has 0 aliphatic carbocycles. The van der Waals surface area contributed by atoms with Gasteiger partial charge in [0.15, 0.2) is 15.0 Å². The van der Waals surface area contributed by atoms with Gasteiger partial charge in [-0.3, -0.25) is 19.8 Å². The Morgan fingerprint density at radius 2 is 1.79 bits per heavy atom. The molecule has 10 heteroatoms. The minimum absolute atomic E-state index is 0.0304. The van der Waals surface area contributed by atoms with Gasteiger partial charge < -0.3 is 0 Å². The van der Waals surface area contributed by atoms with Gasteiger partial charge in [0.25, 0.3) is 11.6 Å². The number of hydrogen-bond donors (Lipinski definition) is 0. The van der Waals surface area contributed by atoms with E-state index in [0.29, 0.717) is 20.9 Å². The molecule has 4 rings (SSSR count). The molecule has 4 aromatic rings. The first-order valence-corrected chi connectivity index (χ1v) is 12.8. The second kappa shape index (κ2) is 9.54. The number of thiazole rings is 1. The molecule has 0 atom stereocenters. The van der Waals surface area contributed by atoms with Crippen LogP contribution < -0.4 is 4.90 Å². The van der Waals surface area contributed by atoms with Gasteiger partial charge in [-0.2, -0.15) is 0 Å². The van der Waals surface area contributed by atoms with Gasteiger partial charge in [-0.15, -0.1) is 0 Å². The lowest BCUT2D eigenvalue weighted by Gasteiger charge is -2.18. The van der Waals surface area contributed by atoms with Crippen LogP contribution in [-0.4, -0.2) is 30.5 Å². The summed E-state index contributed by atoms with van der Waals surface area (Å²) >= 11 is 1.23. The molecule has 0 saturated heterocycles. The summed E-state index contributed by atoms with van der Waals surface area (Å²) < 4.78 is 24.5. The Hall–Kier alpha value is -3.89. The van der Waals surface area contributed by atoms with Crippen molar-refractivity contribution >= 4 is 54.2 Å². The van der Waals surface area contributed by atoms with E-state index in [2.05, 4.69) is 4.98 Å². The fraction of sp³-hybridized carbons (Fsp3) is 0.0833. The number of carbonyl (C=O) groups is 1. The van der Waals surface area contributed by atoms with Crippen LogP contribution in [0.3, 0.4) is 0 Å². The van der Waals surface area contributed by atoms with E-state index < -0.39 is 14.8 Å². The molecule has 0 bridgehead atoms. The Morgan fingerprint density at radius 1 is 1.09 bits per heavy atom. The number of benzene rings is 3. The fourth-order valence-corrected chi connectivity index (χ4v) is 4.94. The number of non-ortho nitro benzene ring substituents is 1. The first-order valence-electron chi connectivity index (χ1n) is 10.1. The van der Waals surface area contributed by atoms with Crippen LogP contribution in [0.25, 0.3) is 16.3 Å². The van der Waals surface area contributed by atoms with Gasteiger partial charge in [-0.1, -0.05) is 41.7 Å². The third-order valence-corrected chi connectivity index (χ3v) is 7.13. The van der Waals surface area contributed by atoms with Gasteiger partial charge in [0, 0.05) is 24.5 Å². The van der Waals surface area contributed by atoms with E-state index in [1.54, 1.807) is 30.3 Å². The number of amides is 1. The van der Waals surface area contributed by atoms with Crippen LogP contribution in [0, 0.1) is 10.1 Å². The largest absolute Gasteiger partial charge is 0.280 e. The average Bonchev–Trinajstić information content (AvgIpc) is 3.24. The van der Waals surface area contributed by atoms with E-state index in [4.69, 9.17) is 0 Å². The number of hydrogen-bond acceptors (Lipinski definition) is 7. The first-order chi connectivity index (χ1) is 16.2. The third-order valence-electron chi connectivity index (χ3n) is 4.98. The second-order valence-electron chi connectivity index (χ2n) is 7.49. The molecule has 1 aromatic heterocycles. The third kappa shape index (κ3) is 5.36. The molecule has 0 fully saturated rings. The molecule has 1 heterocycles. The standard InChI is InChI=1S/C24H19N3O5S2/c1-34(31,32)20-12-13-21-22(15-20)33-24(25-21)26(16-18-5-3-2-4-6-18)23(28)14-9-17-7-10-19(11-8-17)27(29)30/h2-15H,16H2,1H3/b14-9-. The van der Waals surface area contributed by atoms with Gasteiger partial charge >= 0.3 is 0 Å². The number of nitro benzene ring substituents is 1. The number of carbonyl (C=O) groups excluding carboxylic acids is 1. The summed E-state index contributed by atoms with van der Waals surface area (Å²) in [5, 5.41) is 11.3. The van der Waals surface area contributed by atoms with Gasteiger partial charge in [-0.25, -0.2) is 13.4 Å². The van der Waals surface area contributed by atoms with E-state index in [-0.39, 0.29) is 23.0 Å². The van der Waals surface area contributed by atoms with Crippen molar-refractivity contribution in [2.75, 3.05) is 11.2 Å². The van der Waals surface area contributed by atoms with E-state index in [0.717, 1.165) is 11.8 Å². The number of sulfone groups is 1. The summed E-state index contributed by atoms with van der Waals surface area (Å²) in [5.41, 5.74) is 2.10. The van der Waals surface area contributed by atoms with Gasteiger partial charge in [0.1, 0.15) is 0 Å². The van der Waals surface area contributed by atoms with Crippen molar-refractivity contribution in [1.82, 2.24) is 4.98 Å². The molecule has 34 heavy (non-hydrogen) atoms. The molecule has 0 saturated carbocycles. The number of anilines is 1. The van der Waals surface area contributed by atoms with Crippen molar-refractivity contribution in [3.63, 3.8) is 0 Å². The Bertz CT molecular complexity index is 1490. The maximum atomic E-state index is 13.2. The Kier molecular flexibility index (Phi) is 6.53. The molecule has 8 nitrogen and oxygen atoms in total. The predicted octanol–water partition coefficient (Wildman–Crippen LogP) is 4.85. The minimum atomic E-state index is -3.37. The van der Waals surface area contributed by atoms with Crippen molar-refractivity contribution in [2.24, 2.45) is 0 Å². The molecule has 0 unspecified atom stereocenters. The van der Waals surface area contributed by atoms with Crippen LogP contribution >= 0.6 is 11.3 Å². The number of rotatable bonds is 7. The highest BCUT2D eigenvalue weighted by Gasteiger charge is 2.19. The van der Waals surface area contributed by atoms with Crippen molar-refractivity contribution in [1.29, 1.82) is 0 Å². The first kappa shape index (κ1) is 23.3. The summed E-state index contributed by atoms with van der Waals surface area (Å²) in [4.78, 5) is 29.8. The molecule has 0 N–H and O–H groups in total. The second-order valence-corrected chi connectivity index (χ2v) is 10.5. The number of fused-ring (bicyclic) bond motifs is 1. The maximum Gasteiger partial charge on any atom is 0.269 e. The topological polar surface area (TPSA) is 110 Å². The monoisotopic (exact) mass is 493 g/mol. The van der Waals surface area contributed by atoms with Crippen LogP contribution in [-0.2, 0) is 21.2 Å². The highest BCUT2D eigenvalue weighted by Crippen LogP contribution is 2.32. The predicted molar refractivity (Wildman–Crippen MR) is 132 cm³/mol. The zero-order valence-corrected chi connectivity index (χ0v) is 19.6. The quantitative estimate of drug-likeness (QED) is 0.207. The number of aromatic nitrogens is 1. The van der Waals surface area contributed by atoms with Crippen LogP contribution in [0.2, 0.25) is 0 Å². The van der Waals surface area contributed by atoms with Crippen LogP contribution in [0.5, 0.6) is 0 Å². The Balaban J connectivity index is 1.67. The molecule has 0 radical (unpaired) electrons. The normalized spacial score (nSPS) is 11.7. The van der Waals surface area contributed by atoms with E-state index in [1.165, 1.54) is 40.5 Å². The highest BCUT2D eigenvalue weighted by atomic mass is 32.2. The SMILES string of the molecule is CS(=O)(=O)c1ccc2nc(N(Cc3ccccc3)C(=O)/C=C\c3ccc([N+](=O)[O-])cc3)sc2c1. The lowest BCUT2D eigenvalue weighted by molar-refractivity contribution is -0.384. The van der Waals surface area contributed by atoms with Crippen molar-refractivity contribution in [2.45, 2.75) is 11.4 Å². The number of nitrogens with zero attached hydrogens (tertiary/aromatic N) is 3. The fourth-order valence-electron chi connectivity index (χ4n) is 3.21. The smallest absolute Gasteiger partial charge is 0.269 e. The minimum Gasteiger partial charge on any atom is -0.280 e. The molecule has 0 aliphatic heterocycles. The zero-order chi connectivity index (χ0) is 24.3. The van der Waals surface area contributed by atoms with Gasteiger partial charge in [0.05, 0.1) is 26.6 Å². The Morgan fingerprint density at radius 3 is 2.44 bits per heavy atom. The lowest BCUT2D eigenvalue weighted by atomic mass is 10.2. The molecule has 172 valence electrons. The van der Waals surface area contributed by atoms with E-state index in [1.807, 2.05) is 30.3 Å². The molecule has 0 aliphatic rings. The van der Waals surface area contributed by atoms with E-state index in [9.17, 15) is 23.3 Å². The molecule has 1 amide bonds. The summed E-state index contributed by atoms with van der Waals surface area (Å²) in [6.45, 7) is 0.267. The Labute approximate surface area is 199 Å². The average molecular weight is 494 g/mol. The zero-order valence-electron chi connectivity index (χ0n) is 18.0. The lowest BCUT2D eigenvalue weighted by Crippen LogP contribution is -2.28. The van der Waals surface area contributed by atoms with E-state index >= 15 is 0 Å². The maximum absolute atomic E-state index is 13.2. The molecular weight excluding hydrogens is 474 g/mol.